The van der Waals surface area contributed by atoms with Gasteiger partial charge in [-0.3, -0.25) is 0 Å². The van der Waals surface area contributed by atoms with Crippen LogP contribution in [0.3, 0.4) is 0 Å². The molecule has 0 aliphatic heterocycles. The maximum atomic E-state index is 5.55. The molecule has 0 fully saturated rings. The Bertz CT molecular complexity index is 864. The van der Waals surface area contributed by atoms with Gasteiger partial charge in [0.15, 0.2) is 5.16 Å². The lowest BCUT2D eigenvalue weighted by molar-refractivity contribution is 0.410. The topological polar surface area (TPSA) is 35.0 Å². The van der Waals surface area contributed by atoms with E-state index in [1.165, 1.54) is 18.4 Å². The number of aryl methyl sites for hydroxylation is 1. The maximum absolute atomic E-state index is 5.55. The van der Waals surface area contributed by atoms with Crippen molar-refractivity contribution in [3.8, 4) is 5.75 Å². The third kappa shape index (κ3) is 4.31. The van der Waals surface area contributed by atoms with Crippen LogP contribution in [-0.4, -0.2) is 22.8 Å². The molecule has 0 spiro atoms. The lowest BCUT2D eigenvalue weighted by Gasteiger charge is -2.12. The molecule has 0 radical (unpaired) electrons. The minimum absolute atomic E-state index is 0.745. The van der Waals surface area contributed by atoms with Crippen molar-refractivity contribution in [2.24, 2.45) is 0 Å². The molecule has 0 aliphatic rings. The van der Waals surface area contributed by atoms with Crippen LogP contribution in [0.15, 0.2) is 47.6 Å². The molecule has 0 amide bonds. The average Bonchev–Trinajstić information content (AvgIpc) is 2.62. The number of benzene rings is 2. The molecule has 0 atom stereocenters. The van der Waals surface area contributed by atoms with Gasteiger partial charge in [-0.05, 0) is 25.5 Å². The molecule has 0 bridgehead atoms. The monoisotopic (exact) mass is 352 g/mol. The summed E-state index contributed by atoms with van der Waals surface area (Å²) < 4.78 is 5.55. The molecule has 3 aromatic rings. The number of unbranched alkanes of at least 4 members (excludes halogenated alkanes) is 1. The number of ether oxygens (including phenoxy) is 1. The molecule has 1 aromatic heterocycles. The Hall–Kier alpha value is -2.07. The van der Waals surface area contributed by atoms with Crippen LogP contribution in [0.4, 0.5) is 0 Å². The summed E-state index contributed by atoms with van der Waals surface area (Å²) >= 11 is 1.74. The van der Waals surface area contributed by atoms with Crippen LogP contribution in [0.2, 0.25) is 0 Å². The number of nitrogens with zero attached hydrogens (tertiary/aromatic N) is 2. The van der Waals surface area contributed by atoms with Crippen molar-refractivity contribution in [1.29, 1.82) is 0 Å². The highest BCUT2D eigenvalue weighted by Crippen LogP contribution is 2.27. The van der Waals surface area contributed by atoms with Gasteiger partial charge in [0, 0.05) is 23.1 Å². The van der Waals surface area contributed by atoms with E-state index in [0.29, 0.717) is 0 Å². The third-order valence-corrected chi connectivity index (χ3v) is 5.12. The third-order valence-electron chi connectivity index (χ3n) is 4.18. The summed E-state index contributed by atoms with van der Waals surface area (Å²) in [5.41, 5.74) is 4.47. The highest BCUT2D eigenvalue weighted by atomic mass is 32.2. The summed E-state index contributed by atoms with van der Waals surface area (Å²) in [7, 11) is 1.72. The molecule has 1 heterocycles. The SMILES string of the molecule is CCCCSc1nc(Cc2cc(C)ccc2OC)c2ccccc2n1. The van der Waals surface area contributed by atoms with Crippen molar-refractivity contribution in [2.75, 3.05) is 12.9 Å². The highest BCUT2D eigenvalue weighted by molar-refractivity contribution is 7.99. The number of para-hydroxylation sites is 1. The number of methoxy groups -OCH3 is 1. The highest BCUT2D eigenvalue weighted by Gasteiger charge is 2.11. The first-order chi connectivity index (χ1) is 12.2. The molecule has 0 N–H and O–H groups in total. The Morgan fingerprint density at radius 3 is 2.72 bits per heavy atom. The molecule has 0 saturated carbocycles. The zero-order valence-corrected chi connectivity index (χ0v) is 15.9. The van der Waals surface area contributed by atoms with Gasteiger partial charge in [-0.1, -0.05) is 61.0 Å². The zero-order valence-electron chi connectivity index (χ0n) is 15.1. The van der Waals surface area contributed by atoms with Crippen molar-refractivity contribution in [2.45, 2.75) is 38.3 Å². The van der Waals surface area contributed by atoms with E-state index in [1.807, 2.05) is 18.2 Å². The Morgan fingerprint density at radius 1 is 1.08 bits per heavy atom. The summed E-state index contributed by atoms with van der Waals surface area (Å²) in [5.74, 6) is 1.97. The molecule has 130 valence electrons. The van der Waals surface area contributed by atoms with Crippen LogP contribution in [0.5, 0.6) is 5.75 Å². The quantitative estimate of drug-likeness (QED) is 0.323. The van der Waals surface area contributed by atoms with Gasteiger partial charge >= 0.3 is 0 Å². The van der Waals surface area contributed by atoms with E-state index in [9.17, 15) is 0 Å². The van der Waals surface area contributed by atoms with Gasteiger partial charge < -0.3 is 4.74 Å². The van der Waals surface area contributed by atoms with Gasteiger partial charge in [-0.25, -0.2) is 9.97 Å². The smallest absolute Gasteiger partial charge is 0.188 e. The summed E-state index contributed by atoms with van der Waals surface area (Å²) in [6, 6.07) is 14.5. The fourth-order valence-electron chi connectivity index (χ4n) is 2.85. The predicted octanol–water partition coefficient (Wildman–Crippen LogP) is 5.43. The van der Waals surface area contributed by atoms with E-state index in [4.69, 9.17) is 14.7 Å². The molecule has 3 nitrogen and oxygen atoms in total. The predicted molar refractivity (Wildman–Crippen MR) is 106 cm³/mol. The number of rotatable bonds is 7. The maximum Gasteiger partial charge on any atom is 0.188 e. The molecule has 2 aromatic carbocycles. The first kappa shape index (κ1) is 17.7. The van der Waals surface area contributed by atoms with Gasteiger partial charge in [0.05, 0.1) is 18.3 Å². The molecule has 0 aliphatic carbocycles. The van der Waals surface area contributed by atoms with Gasteiger partial charge in [0.25, 0.3) is 0 Å². The number of thioether (sulfide) groups is 1. The molecule has 0 saturated heterocycles. The second kappa shape index (κ2) is 8.34. The van der Waals surface area contributed by atoms with E-state index >= 15 is 0 Å². The van der Waals surface area contributed by atoms with E-state index in [-0.39, 0.29) is 0 Å². The van der Waals surface area contributed by atoms with Crippen LogP contribution in [0.25, 0.3) is 10.9 Å². The van der Waals surface area contributed by atoms with Crippen molar-refractivity contribution >= 4 is 22.7 Å². The lowest BCUT2D eigenvalue weighted by atomic mass is 10.0. The minimum atomic E-state index is 0.745. The number of hydrogen-bond donors (Lipinski definition) is 0. The van der Waals surface area contributed by atoms with Crippen LogP contribution >= 0.6 is 11.8 Å². The summed E-state index contributed by atoms with van der Waals surface area (Å²) in [6.07, 6.45) is 3.12. The zero-order chi connectivity index (χ0) is 17.6. The summed E-state index contributed by atoms with van der Waals surface area (Å²) in [5, 5.41) is 1.99. The van der Waals surface area contributed by atoms with Crippen LogP contribution in [-0.2, 0) is 6.42 Å². The second-order valence-electron chi connectivity index (χ2n) is 6.16. The van der Waals surface area contributed by atoms with Crippen molar-refractivity contribution < 1.29 is 4.74 Å². The molecule has 4 heteroatoms. The average molecular weight is 353 g/mol. The van der Waals surface area contributed by atoms with Crippen LogP contribution in [0, 0.1) is 6.92 Å². The lowest BCUT2D eigenvalue weighted by Crippen LogP contribution is -2.01. The Labute approximate surface area is 153 Å². The van der Waals surface area contributed by atoms with E-state index < -0.39 is 0 Å². The molecule has 3 rings (SSSR count). The Balaban J connectivity index is 2.00. The van der Waals surface area contributed by atoms with Crippen molar-refractivity contribution in [3.63, 3.8) is 0 Å². The van der Waals surface area contributed by atoms with Gasteiger partial charge in [0.1, 0.15) is 5.75 Å². The second-order valence-corrected chi connectivity index (χ2v) is 7.23. The molecule has 25 heavy (non-hydrogen) atoms. The van der Waals surface area contributed by atoms with Gasteiger partial charge in [-0.2, -0.15) is 0 Å². The van der Waals surface area contributed by atoms with Gasteiger partial charge in [-0.15, -0.1) is 0 Å². The largest absolute Gasteiger partial charge is 0.496 e. The van der Waals surface area contributed by atoms with Gasteiger partial charge in [0.2, 0.25) is 0 Å². The van der Waals surface area contributed by atoms with Crippen LogP contribution in [0.1, 0.15) is 36.6 Å². The first-order valence-electron chi connectivity index (χ1n) is 8.73. The molecule has 0 unspecified atom stereocenters. The van der Waals surface area contributed by atoms with E-state index in [1.54, 1.807) is 18.9 Å². The number of aromatic nitrogens is 2. The fourth-order valence-corrected chi connectivity index (χ4v) is 3.81. The van der Waals surface area contributed by atoms with Crippen molar-refractivity contribution in [1.82, 2.24) is 9.97 Å². The minimum Gasteiger partial charge on any atom is -0.496 e. The standard InChI is InChI=1S/C21H24N2OS/c1-4-5-12-25-21-22-18-9-7-6-8-17(18)19(23-21)14-16-13-15(2)10-11-20(16)24-3/h6-11,13H,4-5,12,14H2,1-3H3. The van der Waals surface area contributed by atoms with Crippen LogP contribution < -0.4 is 4.74 Å². The molecular weight excluding hydrogens is 328 g/mol. The van der Waals surface area contributed by atoms with E-state index in [0.717, 1.165) is 45.2 Å². The van der Waals surface area contributed by atoms with E-state index in [2.05, 4.69) is 38.1 Å². The fraction of sp³-hybridized carbons (Fsp3) is 0.333. The first-order valence-corrected chi connectivity index (χ1v) is 9.71. The summed E-state index contributed by atoms with van der Waals surface area (Å²) in [4.78, 5) is 9.60. The molecular formula is C21H24N2OS. The number of hydrogen-bond acceptors (Lipinski definition) is 4. The Kier molecular flexibility index (Phi) is 5.92. The Morgan fingerprint density at radius 2 is 1.92 bits per heavy atom. The number of fused-ring (bicyclic) bond motifs is 1. The normalized spacial score (nSPS) is 11.0. The van der Waals surface area contributed by atoms with Crippen molar-refractivity contribution in [3.05, 3.63) is 59.3 Å². The summed E-state index contributed by atoms with van der Waals surface area (Å²) in [6.45, 7) is 4.31.